The molecule has 0 atom stereocenters. The minimum atomic E-state index is 0.170. The van der Waals surface area contributed by atoms with Crippen LogP contribution in [0.4, 0.5) is 0 Å². The smallest absolute Gasteiger partial charge is 0.143 e. The van der Waals surface area contributed by atoms with Crippen molar-refractivity contribution in [3.63, 3.8) is 0 Å². The SMILES string of the molecule is CNCc1cc(Cl)cc(Cl)c1OCC(Cl)=CCl. The highest BCUT2D eigenvalue weighted by molar-refractivity contribution is 6.37. The molecule has 0 aliphatic rings. The molecule has 0 heterocycles. The molecule has 0 unspecified atom stereocenters. The van der Waals surface area contributed by atoms with Crippen LogP contribution in [-0.4, -0.2) is 13.7 Å². The van der Waals surface area contributed by atoms with Crippen molar-refractivity contribution in [3.8, 4) is 5.75 Å². The van der Waals surface area contributed by atoms with Gasteiger partial charge < -0.3 is 10.1 Å². The van der Waals surface area contributed by atoms with Crippen LogP contribution in [0.2, 0.25) is 10.0 Å². The molecule has 1 aromatic rings. The number of hydrogen-bond acceptors (Lipinski definition) is 2. The van der Waals surface area contributed by atoms with Gasteiger partial charge in [0.15, 0.2) is 0 Å². The number of halogens is 4. The van der Waals surface area contributed by atoms with E-state index in [1.807, 2.05) is 7.05 Å². The lowest BCUT2D eigenvalue weighted by atomic mass is 10.2. The van der Waals surface area contributed by atoms with E-state index >= 15 is 0 Å². The summed E-state index contributed by atoms with van der Waals surface area (Å²) in [6.07, 6.45) is 0. The Balaban J connectivity index is 2.95. The molecule has 0 saturated heterocycles. The third kappa shape index (κ3) is 4.57. The van der Waals surface area contributed by atoms with Gasteiger partial charge in [0, 0.05) is 22.7 Å². The normalized spacial score (nSPS) is 11.7. The average molecular weight is 315 g/mol. The van der Waals surface area contributed by atoms with E-state index in [0.29, 0.717) is 27.4 Å². The molecule has 17 heavy (non-hydrogen) atoms. The lowest BCUT2D eigenvalue weighted by Gasteiger charge is -2.13. The minimum Gasteiger partial charge on any atom is -0.486 e. The molecule has 2 nitrogen and oxygen atoms in total. The number of nitrogens with one attached hydrogen (secondary N) is 1. The van der Waals surface area contributed by atoms with Crippen LogP contribution in [0.3, 0.4) is 0 Å². The first kappa shape index (κ1) is 14.9. The Kier molecular flexibility index (Phi) is 6.45. The van der Waals surface area contributed by atoms with Gasteiger partial charge in [0.05, 0.1) is 10.1 Å². The molecular formula is C11H11Cl4NO. The predicted octanol–water partition coefficient (Wildman–Crippen LogP) is 4.41. The summed E-state index contributed by atoms with van der Waals surface area (Å²) in [4.78, 5) is 0. The molecule has 0 aromatic heterocycles. The zero-order valence-electron chi connectivity index (χ0n) is 9.07. The highest BCUT2D eigenvalue weighted by Gasteiger charge is 2.10. The standard InChI is InChI=1S/C11H11Cl4NO/c1-16-5-7-2-8(13)3-10(15)11(7)17-6-9(14)4-12/h2-4,16H,5-6H2,1H3. The predicted molar refractivity (Wildman–Crippen MR) is 74.5 cm³/mol. The van der Waals surface area contributed by atoms with Crippen LogP contribution in [0, 0.1) is 0 Å². The second-order valence-corrected chi connectivity index (χ2v) is 4.80. The van der Waals surface area contributed by atoms with Gasteiger partial charge in [-0.05, 0) is 19.2 Å². The molecule has 0 bridgehead atoms. The fourth-order valence-electron chi connectivity index (χ4n) is 1.27. The van der Waals surface area contributed by atoms with Gasteiger partial charge in [-0.1, -0.05) is 46.4 Å². The van der Waals surface area contributed by atoms with Crippen molar-refractivity contribution in [2.45, 2.75) is 6.54 Å². The van der Waals surface area contributed by atoms with Crippen molar-refractivity contribution in [2.75, 3.05) is 13.7 Å². The van der Waals surface area contributed by atoms with E-state index in [1.54, 1.807) is 12.1 Å². The number of hydrogen-bond donors (Lipinski definition) is 1. The highest BCUT2D eigenvalue weighted by Crippen LogP contribution is 2.32. The third-order valence-corrected chi connectivity index (χ3v) is 3.02. The maximum absolute atomic E-state index is 6.06. The van der Waals surface area contributed by atoms with Crippen LogP contribution in [0.25, 0.3) is 0 Å². The van der Waals surface area contributed by atoms with Gasteiger partial charge in [0.1, 0.15) is 12.4 Å². The molecule has 1 rings (SSSR count). The Hall–Kier alpha value is -0.120. The topological polar surface area (TPSA) is 21.3 Å². The summed E-state index contributed by atoms with van der Waals surface area (Å²) in [6, 6.07) is 3.41. The summed E-state index contributed by atoms with van der Waals surface area (Å²) >= 11 is 23.2. The third-order valence-electron chi connectivity index (χ3n) is 1.93. The first-order chi connectivity index (χ1) is 8.08. The Morgan fingerprint density at radius 3 is 2.71 bits per heavy atom. The molecule has 0 saturated carbocycles. The van der Waals surface area contributed by atoms with E-state index in [0.717, 1.165) is 5.56 Å². The summed E-state index contributed by atoms with van der Waals surface area (Å²) in [5.41, 5.74) is 2.12. The van der Waals surface area contributed by atoms with Crippen LogP contribution in [0.1, 0.15) is 5.56 Å². The molecule has 0 aliphatic heterocycles. The summed E-state index contributed by atoms with van der Waals surface area (Å²) in [7, 11) is 1.82. The van der Waals surface area contributed by atoms with Crippen LogP contribution in [0.15, 0.2) is 22.7 Å². The average Bonchev–Trinajstić information content (AvgIpc) is 2.27. The van der Waals surface area contributed by atoms with Crippen molar-refractivity contribution in [2.24, 2.45) is 0 Å². The Morgan fingerprint density at radius 2 is 2.12 bits per heavy atom. The zero-order valence-corrected chi connectivity index (χ0v) is 12.1. The summed E-state index contributed by atoms with van der Waals surface area (Å²) < 4.78 is 5.51. The molecule has 0 spiro atoms. The largest absolute Gasteiger partial charge is 0.486 e. The van der Waals surface area contributed by atoms with Crippen LogP contribution < -0.4 is 10.1 Å². The Bertz CT molecular complexity index is 420. The van der Waals surface area contributed by atoms with E-state index < -0.39 is 0 Å². The van der Waals surface area contributed by atoms with Crippen molar-refractivity contribution >= 4 is 46.4 Å². The highest BCUT2D eigenvalue weighted by atomic mass is 35.5. The first-order valence-electron chi connectivity index (χ1n) is 4.78. The second-order valence-electron chi connectivity index (χ2n) is 3.25. The van der Waals surface area contributed by atoms with Crippen LogP contribution >= 0.6 is 46.4 Å². The molecular weight excluding hydrogens is 304 g/mol. The van der Waals surface area contributed by atoms with Gasteiger partial charge in [0.2, 0.25) is 0 Å². The maximum atomic E-state index is 6.06. The van der Waals surface area contributed by atoms with Gasteiger partial charge >= 0.3 is 0 Å². The van der Waals surface area contributed by atoms with Crippen molar-refractivity contribution in [1.82, 2.24) is 5.32 Å². The molecule has 0 aliphatic carbocycles. The fraction of sp³-hybridized carbons (Fsp3) is 0.273. The van der Waals surface area contributed by atoms with Crippen LogP contribution in [-0.2, 0) is 6.54 Å². The fourth-order valence-corrected chi connectivity index (χ4v) is 1.98. The molecule has 94 valence electrons. The van der Waals surface area contributed by atoms with Gasteiger partial charge in [0.25, 0.3) is 0 Å². The Labute approximate surface area is 120 Å². The first-order valence-corrected chi connectivity index (χ1v) is 6.35. The van der Waals surface area contributed by atoms with Crippen LogP contribution in [0.5, 0.6) is 5.75 Å². The minimum absolute atomic E-state index is 0.170. The second kappa shape index (κ2) is 7.34. The lowest BCUT2D eigenvalue weighted by molar-refractivity contribution is 0.355. The number of rotatable bonds is 5. The van der Waals surface area contributed by atoms with Crippen molar-refractivity contribution < 1.29 is 4.74 Å². The zero-order chi connectivity index (χ0) is 12.8. The van der Waals surface area contributed by atoms with Crippen molar-refractivity contribution in [1.29, 1.82) is 0 Å². The molecule has 0 fully saturated rings. The quantitative estimate of drug-likeness (QED) is 0.869. The van der Waals surface area contributed by atoms with Gasteiger partial charge in [-0.15, -0.1) is 0 Å². The summed E-state index contributed by atoms with van der Waals surface area (Å²) in [5, 5.41) is 4.41. The van der Waals surface area contributed by atoms with Gasteiger partial charge in [-0.3, -0.25) is 0 Å². The maximum Gasteiger partial charge on any atom is 0.143 e. The number of benzene rings is 1. The molecule has 0 radical (unpaired) electrons. The molecule has 1 N–H and O–H groups in total. The number of ether oxygens (including phenoxy) is 1. The van der Waals surface area contributed by atoms with Crippen molar-refractivity contribution in [3.05, 3.63) is 38.3 Å². The summed E-state index contributed by atoms with van der Waals surface area (Å²) in [5.74, 6) is 0.557. The van der Waals surface area contributed by atoms with E-state index in [9.17, 15) is 0 Å². The summed E-state index contributed by atoms with van der Waals surface area (Å²) in [6.45, 7) is 0.765. The molecule has 6 heteroatoms. The molecule has 1 aromatic carbocycles. The van der Waals surface area contributed by atoms with Gasteiger partial charge in [-0.25, -0.2) is 0 Å². The Morgan fingerprint density at radius 1 is 1.41 bits per heavy atom. The van der Waals surface area contributed by atoms with E-state index in [-0.39, 0.29) is 6.61 Å². The van der Waals surface area contributed by atoms with E-state index in [2.05, 4.69) is 5.32 Å². The lowest BCUT2D eigenvalue weighted by Crippen LogP contribution is -2.08. The monoisotopic (exact) mass is 313 g/mol. The van der Waals surface area contributed by atoms with Gasteiger partial charge in [-0.2, -0.15) is 0 Å². The molecule has 0 amide bonds. The van der Waals surface area contributed by atoms with E-state index in [4.69, 9.17) is 51.1 Å². The van der Waals surface area contributed by atoms with E-state index in [1.165, 1.54) is 5.54 Å².